The van der Waals surface area contributed by atoms with E-state index in [9.17, 15) is 24.0 Å². The molecular formula is C40H37ClN12O6. The predicted molar refractivity (Wildman–Crippen MR) is 215 cm³/mol. The summed E-state index contributed by atoms with van der Waals surface area (Å²) < 4.78 is 10.7. The van der Waals surface area contributed by atoms with Gasteiger partial charge in [0.25, 0.3) is 11.8 Å². The van der Waals surface area contributed by atoms with E-state index in [1.54, 1.807) is 60.9 Å². The number of nitrogens with zero attached hydrogens (tertiary/aromatic N) is 9. The van der Waals surface area contributed by atoms with Crippen LogP contribution in [-0.4, -0.2) is 86.2 Å². The minimum absolute atomic E-state index is 0.00393. The maximum absolute atomic E-state index is 12.9. The molecule has 3 N–H and O–H groups in total. The van der Waals surface area contributed by atoms with E-state index >= 15 is 0 Å². The molecule has 0 radical (unpaired) electrons. The fourth-order valence-electron chi connectivity index (χ4n) is 6.77. The summed E-state index contributed by atoms with van der Waals surface area (Å²) in [6.45, 7) is 5.41. The molecule has 4 aliphatic rings. The first-order valence-corrected chi connectivity index (χ1v) is 19.4. The van der Waals surface area contributed by atoms with Crippen LogP contribution in [0.5, 0.6) is 0 Å². The van der Waals surface area contributed by atoms with Crippen molar-refractivity contribution >= 4 is 87.4 Å². The number of para-hydroxylation sites is 2. The molecule has 59 heavy (non-hydrogen) atoms. The highest BCUT2D eigenvalue weighted by Crippen LogP contribution is 2.35. The number of imide groups is 2. The number of fused-ring (bicyclic) bond motifs is 3. The van der Waals surface area contributed by atoms with E-state index in [4.69, 9.17) is 21.3 Å². The number of imidazole rings is 1. The summed E-state index contributed by atoms with van der Waals surface area (Å²) in [6, 6.07) is 11.8. The van der Waals surface area contributed by atoms with Crippen molar-refractivity contribution in [3.05, 3.63) is 82.5 Å². The van der Waals surface area contributed by atoms with Crippen LogP contribution in [-0.2, 0) is 23.9 Å². The largest absolute Gasteiger partial charge is 0.443 e. The van der Waals surface area contributed by atoms with Crippen molar-refractivity contribution in [1.82, 2.24) is 49.4 Å². The van der Waals surface area contributed by atoms with E-state index in [0.717, 1.165) is 42.5 Å². The second-order valence-corrected chi connectivity index (χ2v) is 16.0. The number of rotatable bonds is 7. The first-order chi connectivity index (χ1) is 28.3. The summed E-state index contributed by atoms with van der Waals surface area (Å²) in [7, 11) is 0. The van der Waals surface area contributed by atoms with Crippen LogP contribution in [0, 0.1) is 0 Å². The van der Waals surface area contributed by atoms with Crippen molar-refractivity contribution in [3.63, 3.8) is 0 Å². The first-order valence-electron chi connectivity index (χ1n) is 19.0. The molecule has 2 aliphatic carbocycles. The average molecular weight is 817 g/mol. The standard InChI is InChI=1S/C21H17N7O2.C19H20ClN5O4/c29-19-8-12(21(30)26-19)7-13-10-23-28-18(24-14-5-6-14)9-17(25-20(13)28)27-11-22-15-3-1-2-4-16(15)27;1-19(2,3)29-18(28)24(12-4-5-12)15-8-13(20)22-16-11(9-21-25(15)16)6-10-7-14(26)23-17(10)27/h1-4,7,9-11,14,24H,5-6,8H2,(H,26,29,30);6,8-9,12H,4-5,7H2,1-3H3,(H,23,26,27)/b12-7+;10-6+. The smallest absolute Gasteiger partial charge is 0.416 e. The molecule has 0 atom stereocenters. The quantitative estimate of drug-likeness (QED) is 0.113. The van der Waals surface area contributed by atoms with Gasteiger partial charge < -0.3 is 10.1 Å². The van der Waals surface area contributed by atoms with Crippen LogP contribution in [0.15, 0.2) is 66.3 Å². The topological polar surface area (TPSA) is 212 Å². The fourth-order valence-corrected chi connectivity index (χ4v) is 6.95. The van der Waals surface area contributed by atoms with Gasteiger partial charge in [-0.15, -0.1) is 0 Å². The maximum atomic E-state index is 12.9. The Morgan fingerprint density at radius 3 is 2.10 bits per heavy atom. The molecule has 1 aromatic carbocycles. The van der Waals surface area contributed by atoms with Crippen molar-refractivity contribution in [2.45, 2.75) is 77.0 Å². The van der Waals surface area contributed by atoms with Gasteiger partial charge in [0.05, 0.1) is 36.3 Å². The third kappa shape index (κ3) is 7.73. The summed E-state index contributed by atoms with van der Waals surface area (Å²) in [5.41, 5.74) is 4.09. The number of nitrogens with one attached hydrogen (secondary N) is 3. The highest BCUT2D eigenvalue weighted by molar-refractivity contribution is 6.30. The molecule has 5 aromatic heterocycles. The van der Waals surface area contributed by atoms with Crippen LogP contribution < -0.4 is 20.9 Å². The van der Waals surface area contributed by atoms with Crippen molar-refractivity contribution < 1.29 is 28.7 Å². The van der Waals surface area contributed by atoms with Crippen LogP contribution in [0.1, 0.15) is 70.4 Å². The van der Waals surface area contributed by atoms with Crippen LogP contribution >= 0.6 is 11.6 Å². The third-order valence-corrected chi connectivity index (χ3v) is 9.96. The average Bonchev–Trinajstić information content (AvgIpc) is 3.96. The SMILES string of the molecule is CC(C)(C)OC(=O)N(c1cc(Cl)nc2c(/C=C3\CC(=O)NC3=O)cnn12)C1CC1.O=C1C/C(=C\c2cnn3c(NC4CC4)cc(-n4cnc5ccccc54)nc23)C(=O)N1. The van der Waals surface area contributed by atoms with E-state index in [0.29, 0.717) is 51.2 Å². The molecular weight excluding hydrogens is 780 g/mol. The van der Waals surface area contributed by atoms with Gasteiger partial charge >= 0.3 is 6.09 Å². The van der Waals surface area contributed by atoms with Gasteiger partial charge in [0.1, 0.15) is 34.5 Å². The number of anilines is 2. The molecule has 5 amide bonds. The summed E-state index contributed by atoms with van der Waals surface area (Å²) in [6.07, 6.45) is 11.7. The fraction of sp³-hybridized carbons (Fsp3) is 0.300. The summed E-state index contributed by atoms with van der Waals surface area (Å²) in [5, 5.41) is 17.0. The zero-order chi connectivity index (χ0) is 41.2. The number of halogens is 1. The molecule has 10 rings (SSSR count). The van der Waals surface area contributed by atoms with Gasteiger partial charge in [0, 0.05) is 46.5 Å². The van der Waals surface area contributed by atoms with Gasteiger partial charge in [-0.05, 0) is 70.7 Å². The predicted octanol–water partition coefficient (Wildman–Crippen LogP) is 4.79. The summed E-state index contributed by atoms with van der Waals surface area (Å²) in [4.78, 5) is 74.8. The molecule has 2 saturated heterocycles. The normalized spacial score (nSPS) is 18.2. The number of ether oxygens (including phenoxy) is 1. The van der Waals surface area contributed by atoms with Crippen LogP contribution in [0.4, 0.5) is 16.4 Å². The van der Waals surface area contributed by atoms with E-state index in [2.05, 4.69) is 36.1 Å². The number of hydrogen-bond donors (Lipinski definition) is 3. The Bertz CT molecular complexity index is 2820. The van der Waals surface area contributed by atoms with Gasteiger partial charge in [-0.25, -0.2) is 19.7 Å². The van der Waals surface area contributed by atoms with Gasteiger partial charge in [-0.2, -0.15) is 19.2 Å². The lowest BCUT2D eigenvalue weighted by molar-refractivity contribution is -0.125. The lowest BCUT2D eigenvalue weighted by Gasteiger charge is -2.27. The van der Waals surface area contributed by atoms with E-state index in [-0.39, 0.29) is 41.8 Å². The zero-order valence-electron chi connectivity index (χ0n) is 32.1. The minimum Gasteiger partial charge on any atom is -0.443 e. The van der Waals surface area contributed by atoms with E-state index in [1.807, 2.05) is 34.9 Å². The molecule has 19 heteroatoms. The Balaban J connectivity index is 0.000000152. The molecule has 2 aliphatic heterocycles. The number of carbonyl (C=O) groups excluding carboxylic acids is 5. The van der Waals surface area contributed by atoms with Crippen LogP contribution in [0.25, 0.3) is 40.3 Å². The minimum atomic E-state index is -0.651. The number of benzene rings is 1. The van der Waals surface area contributed by atoms with Gasteiger partial charge in [-0.3, -0.25) is 39.3 Å². The molecule has 0 unspecified atom stereocenters. The highest BCUT2D eigenvalue weighted by Gasteiger charge is 2.38. The monoisotopic (exact) mass is 816 g/mol. The van der Waals surface area contributed by atoms with E-state index < -0.39 is 17.6 Å². The van der Waals surface area contributed by atoms with Crippen LogP contribution in [0.3, 0.4) is 0 Å². The molecule has 4 fully saturated rings. The zero-order valence-corrected chi connectivity index (χ0v) is 32.9. The summed E-state index contributed by atoms with van der Waals surface area (Å²) in [5.74, 6) is 0.510. The molecule has 2 saturated carbocycles. The Morgan fingerprint density at radius 2 is 1.51 bits per heavy atom. The molecule has 7 heterocycles. The number of amides is 5. The van der Waals surface area contributed by atoms with Crippen molar-refractivity contribution in [2.75, 3.05) is 10.2 Å². The molecule has 6 aromatic rings. The van der Waals surface area contributed by atoms with Crippen molar-refractivity contribution in [1.29, 1.82) is 0 Å². The number of carbonyl (C=O) groups is 5. The van der Waals surface area contributed by atoms with Gasteiger partial charge in [0.2, 0.25) is 11.8 Å². The molecule has 300 valence electrons. The summed E-state index contributed by atoms with van der Waals surface area (Å²) >= 11 is 6.24. The third-order valence-electron chi connectivity index (χ3n) is 9.76. The van der Waals surface area contributed by atoms with Crippen LogP contribution in [0.2, 0.25) is 5.15 Å². The number of hydrogen-bond acceptors (Lipinski definition) is 12. The van der Waals surface area contributed by atoms with Gasteiger partial charge in [-0.1, -0.05) is 23.7 Å². The Morgan fingerprint density at radius 1 is 0.881 bits per heavy atom. The highest BCUT2D eigenvalue weighted by atomic mass is 35.5. The van der Waals surface area contributed by atoms with E-state index in [1.165, 1.54) is 10.7 Å². The second kappa shape index (κ2) is 14.5. The lowest BCUT2D eigenvalue weighted by atomic mass is 10.1. The Labute approximate surface area is 340 Å². The molecule has 0 bridgehead atoms. The second-order valence-electron chi connectivity index (χ2n) is 15.7. The molecule has 18 nitrogen and oxygen atoms in total. The molecule has 0 spiro atoms. The lowest BCUT2D eigenvalue weighted by Crippen LogP contribution is -2.39. The van der Waals surface area contributed by atoms with Crippen molar-refractivity contribution in [2.24, 2.45) is 0 Å². The number of aromatic nitrogens is 8. The Hall–Kier alpha value is -6.95. The maximum Gasteiger partial charge on any atom is 0.416 e. The Kier molecular flexibility index (Phi) is 9.22. The van der Waals surface area contributed by atoms with Gasteiger partial charge in [0.15, 0.2) is 11.3 Å². The van der Waals surface area contributed by atoms with Crippen molar-refractivity contribution in [3.8, 4) is 5.82 Å². The first kappa shape index (κ1) is 37.6.